The number of nitrogens with one attached hydrogen (secondary N) is 2. The second-order valence-corrected chi connectivity index (χ2v) is 8.66. The van der Waals surface area contributed by atoms with Crippen molar-refractivity contribution in [1.82, 2.24) is 10.6 Å². The van der Waals surface area contributed by atoms with Gasteiger partial charge < -0.3 is 10.6 Å². The van der Waals surface area contributed by atoms with E-state index in [9.17, 15) is 8.42 Å². The Morgan fingerprint density at radius 3 is 2.41 bits per heavy atom. The predicted octanol–water partition coefficient (Wildman–Crippen LogP) is 1.87. The van der Waals surface area contributed by atoms with E-state index in [-0.39, 0.29) is 0 Å². The first kappa shape index (κ1) is 18.5. The summed E-state index contributed by atoms with van der Waals surface area (Å²) in [6.07, 6.45) is 1.26. The molecular weight excluding hydrogens is 298 g/mol. The maximum Gasteiger partial charge on any atom is 0.191 e. The Balaban J connectivity index is 2.78. The van der Waals surface area contributed by atoms with Gasteiger partial charge in [-0.2, -0.15) is 0 Å². The fourth-order valence-electron chi connectivity index (χ4n) is 1.72. The molecule has 0 unspecified atom stereocenters. The van der Waals surface area contributed by atoms with Crippen LogP contribution in [0.15, 0.2) is 29.3 Å². The van der Waals surface area contributed by atoms with Gasteiger partial charge in [-0.3, -0.25) is 0 Å². The first-order chi connectivity index (χ1) is 10.2. The quantitative estimate of drug-likeness (QED) is 0.619. The van der Waals surface area contributed by atoms with Crippen LogP contribution < -0.4 is 10.6 Å². The van der Waals surface area contributed by atoms with E-state index in [1.54, 1.807) is 13.8 Å². The van der Waals surface area contributed by atoms with Gasteiger partial charge in [0.15, 0.2) is 15.8 Å². The lowest BCUT2D eigenvalue weighted by atomic mass is 10.1. The van der Waals surface area contributed by atoms with Gasteiger partial charge in [0.2, 0.25) is 0 Å². The van der Waals surface area contributed by atoms with Gasteiger partial charge in [0.05, 0.1) is 11.3 Å². The molecule has 6 heteroatoms. The lowest BCUT2D eigenvalue weighted by Gasteiger charge is -2.24. The van der Waals surface area contributed by atoms with E-state index in [0.29, 0.717) is 19.0 Å². The first-order valence-corrected chi connectivity index (χ1v) is 9.33. The molecule has 0 aliphatic carbocycles. The molecule has 5 nitrogen and oxygen atoms in total. The molecule has 0 bridgehead atoms. The highest BCUT2D eigenvalue weighted by Gasteiger charge is 2.30. The van der Waals surface area contributed by atoms with Gasteiger partial charge in [-0.25, -0.2) is 13.4 Å². The van der Waals surface area contributed by atoms with Crippen LogP contribution in [-0.4, -0.2) is 38.5 Å². The molecule has 1 aromatic carbocycles. The van der Waals surface area contributed by atoms with Crippen LogP contribution in [-0.2, 0) is 16.4 Å². The zero-order valence-electron chi connectivity index (χ0n) is 14.1. The van der Waals surface area contributed by atoms with Crippen molar-refractivity contribution in [2.45, 2.75) is 39.0 Å². The molecule has 0 saturated heterocycles. The van der Waals surface area contributed by atoms with Crippen LogP contribution in [0.3, 0.4) is 0 Å². The molecule has 0 heterocycles. The van der Waals surface area contributed by atoms with E-state index in [1.165, 1.54) is 11.8 Å². The minimum atomic E-state index is -3.13. The Kier molecular flexibility index (Phi) is 6.41. The molecule has 0 aliphatic rings. The highest BCUT2D eigenvalue weighted by atomic mass is 32.2. The molecule has 1 aromatic rings. The SMILES string of the molecule is CCNC(=NCc1ccccc1C)NCC(C)(C)S(C)(=O)=O. The second-order valence-electron chi connectivity index (χ2n) is 6.01. The highest BCUT2D eigenvalue weighted by molar-refractivity contribution is 7.92. The fraction of sp³-hybridized carbons (Fsp3) is 0.562. The summed E-state index contributed by atoms with van der Waals surface area (Å²) >= 11 is 0. The zero-order chi connectivity index (χ0) is 16.8. The van der Waals surface area contributed by atoms with Crippen LogP contribution in [0.2, 0.25) is 0 Å². The van der Waals surface area contributed by atoms with E-state index in [1.807, 2.05) is 25.1 Å². The molecule has 0 fully saturated rings. The number of rotatable bonds is 6. The third kappa shape index (κ3) is 5.33. The van der Waals surface area contributed by atoms with Gasteiger partial charge in [-0.05, 0) is 38.8 Å². The standard InChI is InChI=1S/C16H27N3O2S/c1-6-17-15(19-12-16(3,4)22(5,20)21)18-11-14-10-8-7-9-13(14)2/h7-10H,6,11-12H2,1-5H3,(H2,17,18,19). The molecule has 0 aliphatic heterocycles. The summed E-state index contributed by atoms with van der Waals surface area (Å²) in [7, 11) is -3.13. The molecular formula is C16H27N3O2S. The Morgan fingerprint density at radius 2 is 1.86 bits per heavy atom. The number of aliphatic imine (C=N–C) groups is 1. The highest BCUT2D eigenvalue weighted by Crippen LogP contribution is 2.13. The van der Waals surface area contributed by atoms with E-state index in [2.05, 4.69) is 28.6 Å². The van der Waals surface area contributed by atoms with Crippen molar-refractivity contribution in [3.63, 3.8) is 0 Å². The van der Waals surface area contributed by atoms with Crippen molar-refractivity contribution in [2.75, 3.05) is 19.3 Å². The summed E-state index contributed by atoms with van der Waals surface area (Å²) in [6, 6.07) is 8.09. The van der Waals surface area contributed by atoms with Gasteiger partial charge in [-0.15, -0.1) is 0 Å². The molecule has 0 saturated carbocycles. The van der Waals surface area contributed by atoms with Crippen molar-refractivity contribution in [2.24, 2.45) is 4.99 Å². The molecule has 0 amide bonds. The zero-order valence-corrected chi connectivity index (χ0v) is 14.9. The van der Waals surface area contributed by atoms with Crippen LogP contribution in [0, 0.1) is 6.92 Å². The van der Waals surface area contributed by atoms with Crippen LogP contribution in [0.25, 0.3) is 0 Å². The van der Waals surface area contributed by atoms with Crippen LogP contribution in [0.1, 0.15) is 31.9 Å². The van der Waals surface area contributed by atoms with Crippen molar-refractivity contribution < 1.29 is 8.42 Å². The number of benzene rings is 1. The number of hydrogen-bond donors (Lipinski definition) is 2. The number of guanidine groups is 1. The summed E-state index contributed by atoms with van der Waals surface area (Å²) in [4.78, 5) is 4.53. The number of hydrogen-bond acceptors (Lipinski definition) is 3. The Hall–Kier alpha value is -1.56. The molecule has 0 spiro atoms. The van der Waals surface area contributed by atoms with E-state index >= 15 is 0 Å². The number of aryl methyl sites for hydroxylation is 1. The summed E-state index contributed by atoms with van der Waals surface area (Å²) in [6.45, 7) is 9.04. The summed E-state index contributed by atoms with van der Waals surface area (Å²) in [5.74, 6) is 0.627. The molecule has 2 N–H and O–H groups in total. The van der Waals surface area contributed by atoms with E-state index in [4.69, 9.17) is 0 Å². The molecule has 124 valence electrons. The minimum absolute atomic E-state index is 0.311. The Bertz CT molecular complexity index is 622. The third-order valence-corrected chi connectivity index (χ3v) is 5.85. The fourth-order valence-corrected chi connectivity index (χ4v) is 2.06. The van der Waals surface area contributed by atoms with Crippen molar-refractivity contribution in [3.8, 4) is 0 Å². The van der Waals surface area contributed by atoms with E-state index < -0.39 is 14.6 Å². The third-order valence-electron chi connectivity index (χ3n) is 3.70. The van der Waals surface area contributed by atoms with Crippen molar-refractivity contribution >= 4 is 15.8 Å². The molecule has 0 radical (unpaired) electrons. The average Bonchev–Trinajstić information content (AvgIpc) is 2.42. The van der Waals surface area contributed by atoms with Crippen molar-refractivity contribution in [3.05, 3.63) is 35.4 Å². The molecule has 0 atom stereocenters. The second kappa shape index (κ2) is 7.63. The largest absolute Gasteiger partial charge is 0.357 e. The minimum Gasteiger partial charge on any atom is -0.357 e. The molecule has 1 rings (SSSR count). The number of sulfone groups is 1. The normalized spacial score (nSPS) is 13.0. The summed E-state index contributed by atoms with van der Waals surface area (Å²) < 4.78 is 22.7. The molecule has 22 heavy (non-hydrogen) atoms. The number of nitrogens with zero attached hydrogens (tertiary/aromatic N) is 1. The summed E-state index contributed by atoms with van der Waals surface area (Å²) in [5.41, 5.74) is 2.35. The Labute approximate surface area is 134 Å². The molecule has 0 aromatic heterocycles. The van der Waals surface area contributed by atoms with Crippen LogP contribution in [0.5, 0.6) is 0 Å². The topological polar surface area (TPSA) is 70.6 Å². The monoisotopic (exact) mass is 325 g/mol. The lowest BCUT2D eigenvalue weighted by Crippen LogP contribution is -2.47. The van der Waals surface area contributed by atoms with Gasteiger partial charge in [-0.1, -0.05) is 24.3 Å². The van der Waals surface area contributed by atoms with Gasteiger partial charge >= 0.3 is 0 Å². The summed E-state index contributed by atoms with van der Waals surface area (Å²) in [5, 5.41) is 6.26. The van der Waals surface area contributed by atoms with E-state index in [0.717, 1.165) is 12.1 Å². The van der Waals surface area contributed by atoms with Crippen LogP contribution >= 0.6 is 0 Å². The Morgan fingerprint density at radius 1 is 1.23 bits per heavy atom. The maximum atomic E-state index is 11.7. The predicted molar refractivity (Wildman–Crippen MR) is 92.9 cm³/mol. The van der Waals surface area contributed by atoms with Gasteiger partial charge in [0.1, 0.15) is 0 Å². The maximum absolute atomic E-state index is 11.7. The van der Waals surface area contributed by atoms with Crippen molar-refractivity contribution in [1.29, 1.82) is 0 Å². The van der Waals surface area contributed by atoms with Gasteiger partial charge in [0, 0.05) is 19.3 Å². The van der Waals surface area contributed by atoms with Crippen LogP contribution in [0.4, 0.5) is 0 Å². The average molecular weight is 325 g/mol. The smallest absolute Gasteiger partial charge is 0.191 e. The van der Waals surface area contributed by atoms with Gasteiger partial charge in [0.25, 0.3) is 0 Å². The lowest BCUT2D eigenvalue weighted by molar-refractivity contribution is 0.544. The first-order valence-electron chi connectivity index (χ1n) is 7.43.